The molecule has 2 aliphatic heterocycles. The second-order valence-electron chi connectivity index (χ2n) is 5.62. The lowest BCUT2D eigenvalue weighted by Gasteiger charge is -2.24. The molecule has 2 aliphatic rings. The Kier molecular flexibility index (Phi) is 3.71. The maximum Gasteiger partial charge on any atom is 0.289 e. The van der Waals surface area contributed by atoms with Crippen molar-refractivity contribution in [3.8, 4) is 0 Å². The number of likely N-dealkylation sites (tertiary alicyclic amines) is 2. The average molecular weight is 292 g/mol. The number of furan rings is 1. The van der Waals surface area contributed by atoms with Crippen molar-refractivity contribution < 1.29 is 18.7 Å². The molecule has 0 spiro atoms. The van der Waals surface area contributed by atoms with Crippen molar-refractivity contribution in [2.24, 2.45) is 0 Å². The molecule has 6 heteroatoms. The molecule has 3 rings (SSSR count). The fourth-order valence-corrected chi connectivity index (χ4v) is 3.35. The third-order valence-electron chi connectivity index (χ3n) is 4.36. The molecule has 2 amide bonds. The minimum atomic E-state index is -0.114. The largest absolute Gasteiger partial charge is 0.456 e. The molecule has 0 aliphatic carbocycles. The zero-order chi connectivity index (χ0) is 15.0. The standard InChI is InChI=1S/C15H20N2O4/c1-10-3-4-13(21-10)15(19)17-6-5-11-12(17)9-14(18)16(11)7-8-20-2/h3-4,11-12H,5-9H2,1-2H3. The van der Waals surface area contributed by atoms with Crippen LogP contribution in [-0.4, -0.2) is 60.5 Å². The Balaban J connectivity index is 1.73. The molecule has 21 heavy (non-hydrogen) atoms. The van der Waals surface area contributed by atoms with Crippen molar-refractivity contribution in [1.82, 2.24) is 9.80 Å². The van der Waals surface area contributed by atoms with Crippen LogP contribution < -0.4 is 0 Å². The summed E-state index contributed by atoms with van der Waals surface area (Å²) >= 11 is 0. The van der Waals surface area contributed by atoms with Gasteiger partial charge in [-0.3, -0.25) is 9.59 Å². The first kappa shape index (κ1) is 14.1. The molecular weight excluding hydrogens is 272 g/mol. The van der Waals surface area contributed by atoms with Gasteiger partial charge >= 0.3 is 0 Å². The fourth-order valence-electron chi connectivity index (χ4n) is 3.35. The van der Waals surface area contributed by atoms with Crippen molar-refractivity contribution >= 4 is 11.8 Å². The maximum absolute atomic E-state index is 12.5. The van der Waals surface area contributed by atoms with Crippen LogP contribution in [0.4, 0.5) is 0 Å². The van der Waals surface area contributed by atoms with E-state index in [9.17, 15) is 9.59 Å². The summed E-state index contributed by atoms with van der Waals surface area (Å²) in [4.78, 5) is 28.3. The second-order valence-corrected chi connectivity index (χ2v) is 5.62. The molecule has 1 aromatic rings. The average Bonchev–Trinajstić information content (AvgIpc) is 3.12. The van der Waals surface area contributed by atoms with E-state index in [0.717, 1.165) is 12.2 Å². The van der Waals surface area contributed by atoms with Crippen LogP contribution in [0, 0.1) is 6.92 Å². The molecule has 114 valence electrons. The van der Waals surface area contributed by atoms with Crippen molar-refractivity contribution in [1.29, 1.82) is 0 Å². The van der Waals surface area contributed by atoms with Crippen LogP contribution in [0.2, 0.25) is 0 Å². The van der Waals surface area contributed by atoms with E-state index in [1.165, 1.54) is 0 Å². The van der Waals surface area contributed by atoms with Gasteiger partial charge in [-0.15, -0.1) is 0 Å². The van der Waals surface area contributed by atoms with Crippen LogP contribution in [0.3, 0.4) is 0 Å². The van der Waals surface area contributed by atoms with E-state index < -0.39 is 0 Å². The molecule has 2 unspecified atom stereocenters. The van der Waals surface area contributed by atoms with E-state index in [0.29, 0.717) is 31.9 Å². The van der Waals surface area contributed by atoms with E-state index in [-0.39, 0.29) is 23.9 Å². The number of hydrogen-bond acceptors (Lipinski definition) is 4. The highest BCUT2D eigenvalue weighted by molar-refractivity contribution is 5.93. The number of hydrogen-bond donors (Lipinski definition) is 0. The first-order valence-electron chi connectivity index (χ1n) is 7.27. The summed E-state index contributed by atoms with van der Waals surface area (Å²) in [6, 6.07) is 3.57. The summed E-state index contributed by atoms with van der Waals surface area (Å²) < 4.78 is 10.5. The van der Waals surface area contributed by atoms with Crippen molar-refractivity contribution in [3.63, 3.8) is 0 Å². The number of carbonyl (C=O) groups is 2. The molecule has 2 saturated heterocycles. The number of carbonyl (C=O) groups excluding carboxylic acids is 2. The summed E-state index contributed by atoms with van der Waals surface area (Å²) in [5.41, 5.74) is 0. The number of rotatable bonds is 4. The predicted molar refractivity (Wildman–Crippen MR) is 74.9 cm³/mol. The summed E-state index contributed by atoms with van der Waals surface area (Å²) in [5.74, 6) is 1.07. The molecule has 1 aromatic heterocycles. The number of nitrogens with zero attached hydrogens (tertiary/aromatic N) is 2. The molecule has 0 radical (unpaired) electrons. The summed E-state index contributed by atoms with van der Waals surface area (Å²) in [6.45, 7) is 3.61. The Bertz CT molecular complexity index is 554. The minimum absolute atomic E-state index is 0.0349. The molecule has 0 N–H and O–H groups in total. The number of fused-ring (bicyclic) bond motifs is 1. The smallest absolute Gasteiger partial charge is 0.289 e. The number of methoxy groups -OCH3 is 1. The van der Waals surface area contributed by atoms with Gasteiger partial charge < -0.3 is 19.0 Å². The highest BCUT2D eigenvalue weighted by atomic mass is 16.5. The normalized spacial score (nSPS) is 24.8. The second kappa shape index (κ2) is 5.52. The van der Waals surface area contributed by atoms with E-state index in [4.69, 9.17) is 9.15 Å². The molecule has 6 nitrogen and oxygen atoms in total. The number of aryl methyl sites for hydroxylation is 1. The zero-order valence-electron chi connectivity index (χ0n) is 12.4. The number of ether oxygens (including phenoxy) is 1. The van der Waals surface area contributed by atoms with Gasteiger partial charge in [-0.1, -0.05) is 0 Å². The lowest BCUT2D eigenvalue weighted by atomic mass is 10.1. The van der Waals surface area contributed by atoms with Gasteiger partial charge in [-0.25, -0.2) is 0 Å². The highest BCUT2D eigenvalue weighted by Crippen LogP contribution is 2.33. The topological polar surface area (TPSA) is 63.0 Å². The van der Waals surface area contributed by atoms with Crippen LogP contribution in [0.5, 0.6) is 0 Å². The van der Waals surface area contributed by atoms with E-state index in [1.807, 2.05) is 11.8 Å². The third kappa shape index (κ3) is 2.44. The molecular formula is C15H20N2O4. The van der Waals surface area contributed by atoms with Crippen LogP contribution in [0.25, 0.3) is 0 Å². The lowest BCUT2D eigenvalue weighted by Crippen LogP contribution is -2.40. The van der Waals surface area contributed by atoms with Gasteiger partial charge in [0.15, 0.2) is 5.76 Å². The Hall–Kier alpha value is -1.82. The first-order chi connectivity index (χ1) is 10.1. The van der Waals surface area contributed by atoms with Gasteiger partial charge in [0.2, 0.25) is 5.91 Å². The molecule has 2 atom stereocenters. The van der Waals surface area contributed by atoms with Crippen LogP contribution in [0.15, 0.2) is 16.5 Å². The van der Waals surface area contributed by atoms with E-state index in [1.54, 1.807) is 24.1 Å². The highest BCUT2D eigenvalue weighted by Gasteiger charge is 2.48. The Labute approximate surface area is 123 Å². The SMILES string of the molecule is COCCN1C(=O)CC2C1CCN2C(=O)c1ccc(C)o1. The summed E-state index contributed by atoms with van der Waals surface area (Å²) in [5, 5.41) is 0. The number of amides is 2. The van der Waals surface area contributed by atoms with E-state index >= 15 is 0 Å². The third-order valence-corrected chi connectivity index (χ3v) is 4.36. The van der Waals surface area contributed by atoms with E-state index in [2.05, 4.69) is 0 Å². The van der Waals surface area contributed by atoms with Gasteiger partial charge in [-0.2, -0.15) is 0 Å². The van der Waals surface area contributed by atoms with Crippen molar-refractivity contribution in [2.75, 3.05) is 26.8 Å². The quantitative estimate of drug-likeness (QED) is 0.832. The first-order valence-corrected chi connectivity index (χ1v) is 7.27. The zero-order valence-corrected chi connectivity index (χ0v) is 12.4. The fraction of sp³-hybridized carbons (Fsp3) is 0.600. The Morgan fingerprint density at radius 3 is 2.90 bits per heavy atom. The van der Waals surface area contributed by atoms with Crippen LogP contribution >= 0.6 is 0 Å². The molecule has 0 bridgehead atoms. The minimum Gasteiger partial charge on any atom is -0.456 e. The molecule has 3 heterocycles. The van der Waals surface area contributed by atoms with Crippen LogP contribution in [0.1, 0.15) is 29.2 Å². The summed E-state index contributed by atoms with van der Waals surface area (Å²) in [6.07, 6.45) is 1.23. The lowest BCUT2D eigenvalue weighted by molar-refractivity contribution is -0.129. The van der Waals surface area contributed by atoms with Gasteiger partial charge in [0, 0.05) is 26.6 Å². The Morgan fingerprint density at radius 2 is 2.24 bits per heavy atom. The van der Waals surface area contributed by atoms with Gasteiger partial charge in [-0.05, 0) is 25.5 Å². The van der Waals surface area contributed by atoms with Gasteiger partial charge in [0.1, 0.15) is 5.76 Å². The van der Waals surface area contributed by atoms with Gasteiger partial charge in [0.25, 0.3) is 5.91 Å². The monoisotopic (exact) mass is 292 g/mol. The van der Waals surface area contributed by atoms with Crippen molar-refractivity contribution in [3.05, 3.63) is 23.7 Å². The maximum atomic E-state index is 12.5. The Morgan fingerprint density at radius 1 is 1.43 bits per heavy atom. The summed E-state index contributed by atoms with van der Waals surface area (Å²) in [7, 11) is 1.63. The predicted octanol–water partition coefficient (Wildman–Crippen LogP) is 1.05. The van der Waals surface area contributed by atoms with Crippen molar-refractivity contribution in [2.45, 2.75) is 31.8 Å². The molecule has 2 fully saturated rings. The van der Waals surface area contributed by atoms with Gasteiger partial charge in [0.05, 0.1) is 18.7 Å². The molecule has 0 saturated carbocycles. The van der Waals surface area contributed by atoms with Crippen LogP contribution in [-0.2, 0) is 9.53 Å². The molecule has 0 aromatic carbocycles.